The Kier molecular flexibility index (Phi) is 3.67. The van der Waals surface area contributed by atoms with Crippen molar-refractivity contribution >= 4 is 8.07 Å². The molecule has 0 aliphatic heterocycles. The van der Waals surface area contributed by atoms with E-state index in [1.807, 2.05) is 0 Å². The zero-order valence-corrected chi connectivity index (χ0v) is 14.2. The Morgan fingerprint density at radius 3 is 2.63 bits per heavy atom. The molecule has 0 N–H and O–H groups in total. The van der Waals surface area contributed by atoms with Gasteiger partial charge in [-0.15, -0.1) is 0 Å². The van der Waals surface area contributed by atoms with E-state index in [0.717, 1.165) is 0 Å². The highest BCUT2D eigenvalue weighted by Crippen LogP contribution is 2.54. The quantitative estimate of drug-likeness (QED) is 0.358. The van der Waals surface area contributed by atoms with Crippen molar-refractivity contribution in [1.82, 2.24) is 0 Å². The fraction of sp³-hybridized carbons (Fsp3) is 0.556. The molecule has 19 heavy (non-hydrogen) atoms. The molecule has 2 aliphatic carbocycles. The Balaban J connectivity index is 2.20. The Morgan fingerprint density at radius 1 is 1.32 bits per heavy atom. The van der Waals surface area contributed by atoms with E-state index in [0.29, 0.717) is 17.3 Å². The Hall–Kier alpha value is -1.00. The standard InChI is InChI=1S/C18H26Si/c1-14-10-11-16-13-15(17(14)18(16,2)3)9-7-8-12-19(4,5)6/h8,10,12-13,16-17H,11H2,1-6H3/b12-8+/t16-,17+/m0/s1. The molecule has 0 aromatic carbocycles. The molecule has 0 aromatic rings. The molecule has 2 rings (SSSR count). The fourth-order valence-corrected chi connectivity index (χ4v) is 3.89. The second-order valence-electron chi connectivity index (χ2n) is 7.64. The molecular formula is C18H26Si. The lowest BCUT2D eigenvalue weighted by molar-refractivity contribution is 0.212. The zero-order chi connectivity index (χ0) is 14.3. The third-order valence-electron chi connectivity index (χ3n) is 4.42. The lowest BCUT2D eigenvalue weighted by Gasteiger charge is -2.38. The van der Waals surface area contributed by atoms with Crippen LogP contribution in [0.3, 0.4) is 0 Å². The fourth-order valence-electron chi connectivity index (χ4n) is 3.31. The molecule has 0 saturated heterocycles. The molecule has 0 nitrogen and oxygen atoms in total. The summed E-state index contributed by atoms with van der Waals surface area (Å²) in [7, 11) is -1.12. The van der Waals surface area contributed by atoms with Crippen molar-refractivity contribution in [1.29, 1.82) is 0 Å². The number of rotatable bonds is 1. The van der Waals surface area contributed by atoms with Gasteiger partial charge in [-0.25, -0.2) is 0 Å². The normalized spacial score (nSPS) is 28.7. The number of allylic oxidation sites excluding steroid dienone is 5. The van der Waals surface area contributed by atoms with Crippen molar-refractivity contribution in [3.63, 3.8) is 0 Å². The second-order valence-corrected chi connectivity index (χ2v) is 12.7. The van der Waals surface area contributed by atoms with Crippen molar-refractivity contribution in [2.24, 2.45) is 17.3 Å². The largest absolute Gasteiger partial charge is 0.0868 e. The molecule has 2 atom stereocenters. The molecule has 0 unspecified atom stereocenters. The number of fused-ring (bicyclic) bond motifs is 2. The van der Waals surface area contributed by atoms with Crippen molar-refractivity contribution in [2.75, 3.05) is 0 Å². The van der Waals surface area contributed by atoms with Gasteiger partial charge in [0, 0.05) is 11.5 Å². The molecule has 102 valence electrons. The van der Waals surface area contributed by atoms with Crippen LogP contribution in [0.1, 0.15) is 27.2 Å². The maximum Gasteiger partial charge on any atom is 0.0695 e. The van der Waals surface area contributed by atoms with E-state index >= 15 is 0 Å². The number of hydrogen-bond donors (Lipinski definition) is 0. The molecule has 2 aliphatic rings. The SMILES string of the molecule is CC1=CC[C@H]2C=C(C#C/C=C/[Si](C)(C)C)[C@@H]1C2(C)C. The minimum atomic E-state index is -1.12. The van der Waals surface area contributed by atoms with Crippen LogP contribution in [0.15, 0.2) is 35.1 Å². The molecule has 0 fully saturated rings. The summed E-state index contributed by atoms with van der Waals surface area (Å²) in [5.74, 6) is 7.89. The smallest absolute Gasteiger partial charge is 0.0695 e. The minimum Gasteiger partial charge on any atom is -0.0868 e. The van der Waals surface area contributed by atoms with Crippen molar-refractivity contribution in [2.45, 2.75) is 46.8 Å². The molecule has 0 heterocycles. The summed E-state index contributed by atoms with van der Waals surface area (Å²) in [6, 6.07) is 0. The molecule has 0 amide bonds. The van der Waals surface area contributed by atoms with Crippen molar-refractivity contribution < 1.29 is 0 Å². The Bertz CT molecular complexity index is 512. The predicted molar refractivity (Wildman–Crippen MR) is 87.5 cm³/mol. The van der Waals surface area contributed by atoms with Gasteiger partial charge < -0.3 is 0 Å². The minimum absolute atomic E-state index is 0.353. The molecule has 0 saturated carbocycles. The van der Waals surface area contributed by atoms with Gasteiger partial charge in [-0.05, 0) is 30.8 Å². The second kappa shape index (κ2) is 4.83. The summed E-state index contributed by atoms with van der Waals surface area (Å²) in [5, 5.41) is 0. The Labute approximate surface area is 119 Å². The monoisotopic (exact) mass is 270 g/mol. The first-order valence-electron chi connectivity index (χ1n) is 7.29. The van der Waals surface area contributed by atoms with E-state index in [-0.39, 0.29) is 0 Å². The highest BCUT2D eigenvalue weighted by Gasteiger charge is 2.45. The van der Waals surface area contributed by atoms with Gasteiger partial charge in [-0.1, -0.05) is 68.8 Å². The molecule has 2 bridgehead atoms. The first kappa shape index (κ1) is 14.4. The first-order chi connectivity index (χ1) is 8.72. The van der Waals surface area contributed by atoms with Gasteiger partial charge in [-0.3, -0.25) is 0 Å². The molecule has 0 aromatic heterocycles. The average molecular weight is 270 g/mol. The first-order valence-corrected chi connectivity index (χ1v) is 10.9. The predicted octanol–water partition coefficient (Wildman–Crippen LogP) is 4.97. The van der Waals surface area contributed by atoms with Crippen LogP contribution in [0.5, 0.6) is 0 Å². The van der Waals surface area contributed by atoms with E-state index in [1.54, 1.807) is 0 Å². The van der Waals surface area contributed by atoms with E-state index in [1.165, 1.54) is 17.6 Å². The third kappa shape index (κ3) is 2.95. The van der Waals surface area contributed by atoms with Gasteiger partial charge in [0.2, 0.25) is 0 Å². The maximum absolute atomic E-state index is 3.42. The van der Waals surface area contributed by atoms with Gasteiger partial charge in [0.05, 0.1) is 8.07 Å². The Morgan fingerprint density at radius 2 is 2.00 bits per heavy atom. The average Bonchev–Trinajstić information content (AvgIpc) is 2.41. The van der Waals surface area contributed by atoms with Crippen LogP contribution in [0, 0.1) is 29.1 Å². The molecule has 0 spiro atoms. The van der Waals surface area contributed by atoms with E-state index in [2.05, 4.69) is 76.2 Å². The van der Waals surface area contributed by atoms with Crippen LogP contribution >= 0.6 is 0 Å². The summed E-state index contributed by atoms with van der Waals surface area (Å²) in [4.78, 5) is 0. The summed E-state index contributed by atoms with van der Waals surface area (Å²) < 4.78 is 0. The summed E-state index contributed by atoms with van der Waals surface area (Å²) in [6.45, 7) is 14.1. The van der Waals surface area contributed by atoms with Crippen LogP contribution in [-0.4, -0.2) is 8.07 Å². The summed E-state index contributed by atoms with van der Waals surface area (Å²) in [5.41, 5.74) is 5.52. The number of hydrogen-bond acceptors (Lipinski definition) is 0. The lowest BCUT2D eigenvalue weighted by Crippen LogP contribution is -2.30. The third-order valence-corrected chi connectivity index (χ3v) is 5.59. The van der Waals surface area contributed by atoms with Crippen LogP contribution in [-0.2, 0) is 0 Å². The van der Waals surface area contributed by atoms with Crippen molar-refractivity contribution in [3.8, 4) is 11.8 Å². The van der Waals surface area contributed by atoms with E-state index in [9.17, 15) is 0 Å². The van der Waals surface area contributed by atoms with Crippen LogP contribution in [0.25, 0.3) is 0 Å². The van der Waals surface area contributed by atoms with Crippen molar-refractivity contribution in [3.05, 3.63) is 35.1 Å². The van der Waals surface area contributed by atoms with Gasteiger partial charge in [0.15, 0.2) is 0 Å². The van der Waals surface area contributed by atoms with Crippen LogP contribution < -0.4 is 0 Å². The van der Waals surface area contributed by atoms with E-state index in [4.69, 9.17) is 0 Å². The summed E-state index contributed by atoms with van der Waals surface area (Å²) in [6.07, 6.45) is 8.09. The van der Waals surface area contributed by atoms with Gasteiger partial charge >= 0.3 is 0 Å². The highest BCUT2D eigenvalue weighted by atomic mass is 28.3. The highest BCUT2D eigenvalue weighted by molar-refractivity contribution is 6.81. The van der Waals surface area contributed by atoms with Gasteiger partial charge in [0.25, 0.3) is 0 Å². The summed E-state index contributed by atoms with van der Waals surface area (Å²) >= 11 is 0. The zero-order valence-electron chi connectivity index (χ0n) is 13.2. The van der Waals surface area contributed by atoms with Gasteiger partial charge in [-0.2, -0.15) is 0 Å². The van der Waals surface area contributed by atoms with Crippen LogP contribution in [0.2, 0.25) is 19.6 Å². The van der Waals surface area contributed by atoms with Gasteiger partial charge in [0.1, 0.15) is 0 Å². The molecular weight excluding hydrogens is 244 g/mol. The molecule has 1 heteroatoms. The lowest BCUT2D eigenvalue weighted by atomic mass is 9.66. The maximum atomic E-state index is 3.42. The molecule has 0 radical (unpaired) electrons. The van der Waals surface area contributed by atoms with Crippen LogP contribution in [0.4, 0.5) is 0 Å². The topological polar surface area (TPSA) is 0 Å². The van der Waals surface area contributed by atoms with E-state index < -0.39 is 8.07 Å².